The van der Waals surface area contributed by atoms with E-state index in [0.29, 0.717) is 49.4 Å². The molecule has 46 heavy (non-hydrogen) atoms. The van der Waals surface area contributed by atoms with Crippen LogP contribution in [0.2, 0.25) is 0 Å². The fraction of sp³-hybridized carbons (Fsp3) is 0.333. The van der Waals surface area contributed by atoms with E-state index >= 15 is 0 Å². The van der Waals surface area contributed by atoms with Crippen molar-refractivity contribution in [1.82, 2.24) is 24.4 Å². The Hall–Kier alpha value is -4.04. The molecular weight excluding hydrogens is 625 g/mol. The molecular formula is C33H36N6O5S2. The van der Waals surface area contributed by atoms with Crippen molar-refractivity contribution in [2.75, 3.05) is 43.5 Å². The number of nitrogens with zero attached hydrogens (tertiary/aromatic N) is 5. The highest BCUT2D eigenvalue weighted by Crippen LogP contribution is 2.30. The fourth-order valence-corrected chi connectivity index (χ4v) is 7.95. The van der Waals surface area contributed by atoms with Crippen molar-refractivity contribution in [3.8, 4) is 5.69 Å². The van der Waals surface area contributed by atoms with Crippen molar-refractivity contribution in [3.63, 3.8) is 0 Å². The lowest BCUT2D eigenvalue weighted by atomic mass is 10.0. The average Bonchev–Trinajstić information content (AvgIpc) is 3.49. The maximum absolute atomic E-state index is 13.4. The lowest BCUT2D eigenvalue weighted by Gasteiger charge is -2.29. The van der Waals surface area contributed by atoms with Crippen LogP contribution in [-0.4, -0.2) is 77.9 Å². The largest absolute Gasteiger partial charge is 0.379 e. The Morgan fingerprint density at radius 1 is 0.913 bits per heavy atom. The van der Waals surface area contributed by atoms with E-state index in [0.717, 1.165) is 35.3 Å². The van der Waals surface area contributed by atoms with Gasteiger partial charge >= 0.3 is 0 Å². The van der Waals surface area contributed by atoms with Crippen LogP contribution in [0.5, 0.6) is 0 Å². The third-order valence-corrected chi connectivity index (χ3v) is 11.2. The SMILES string of the molecule is Cc1cccc(-n2c(CNC(=O)c3ccc(S(=O)(=O)N4CCOCC4)cc3)nnc2SCC(=O)N2CCCc3ccccc32)c1C. The normalized spacial score (nSPS) is 15.4. The average molecular weight is 661 g/mol. The van der Waals surface area contributed by atoms with E-state index in [4.69, 9.17) is 4.74 Å². The zero-order valence-corrected chi connectivity index (χ0v) is 27.4. The number of nitrogens with one attached hydrogen (secondary N) is 1. The van der Waals surface area contributed by atoms with Crippen molar-refractivity contribution in [2.45, 2.75) is 43.3 Å². The summed E-state index contributed by atoms with van der Waals surface area (Å²) in [4.78, 5) is 28.5. The number of hydrogen-bond acceptors (Lipinski definition) is 8. The monoisotopic (exact) mass is 660 g/mol. The smallest absolute Gasteiger partial charge is 0.251 e. The molecule has 1 fully saturated rings. The first-order valence-electron chi connectivity index (χ1n) is 15.2. The minimum absolute atomic E-state index is 0.00148. The summed E-state index contributed by atoms with van der Waals surface area (Å²) in [6.07, 6.45) is 1.88. The summed E-state index contributed by atoms with van der Waals surface area (Å²) in [7, 11) is -3.66. The Labute approximate surface area is 273 Å². The van der Waals surface area contributed by atoms with Gasteiger partial charge in [-0.25, -0.2) is 8.42 Å². The summed E-state index contributed by atoms with van der Waals surface area (Å²) in [6, 6.07) is 19.9. The van der Waals surface area contributed by atoms with E-state index in [1.807, 2.05) is 59.7 Å². The van der Waals surface area contributed by atoms with E-state index in [1.165, 1.54) is 45.9 Å². The number of carbonyl (C=O) groups excluding carboxylic acids is 2. The zero-order valence-electron chi connectivity index (χ0n) is 25.8. The molecule has 6 rings (SSSR count). The second-order valence-corrected chi connectivity index (χ2v) is 14.1. The number of carbonyl (C=O) groups is 2. The quantitative estimate of drug-likeness (QED) is 0.268. The van der Waals surface area contributed by atoms with Gasteiger partial charge < -0.3 is 15.0 Å². The molecule has 13 heteroatoms. The molecule has 0 saturated carbocycles. The summed E-state index contributed by atoms with van der Waals surface area (Å²) in [5, 5.41) is 12.3. The first kappa shape index (κ1) is 31.9. The third kappa shape index (κ3) is 6.59. The molecule has 0 radical (unpaired) electrons. The molecule has 1 saturated heterocycles. The Kier molecular flexibility index (Phi) is 9.54. The van der Waals surface area contributed by atoms with Gasteiger partial charge in [0.25, 0.3) is 5.91 Å². The summed E-state index contributed by atoms with van der Waals surface area (Å²) in [5.74, 6) is 0.316. The molecule has 3 heterocycles. The number of thioether (sulfide) groups is 1. The number of benzene rings is 3. The highest BCUT2D eigenvalue weighted by atomic mass is 32.2. The van der Waals surface area contributed by atoms with E-state index in [9.17, 15) is 18.0 Å². The van der Waals surface area contributed by atoms with Crippen LogP contribution in [0.15, 0.2) is 76.8 Å². The molecule has 11 nitrogen and oxygen atoms in total. The molecule has 0 spiro atoms. The van der Waals surface area contributed by atoms with Crippen molar-refractivity contribution < 1.29 is 22.7 Å². The van der Waals surface area contributed by atoms with Crippen LogP contribution in [0.25, 0.3) is 5.69 Å². The molecule has 0 atom stereocenters. The first-order chi connectivity index (χ1) is 22.2. The van der Waals surface area contributed by atoms with Crippen molar-refractivity contribution in [1.29, 1.82) is 0 Å². The van der Waals surface area contributed by atoms with Gasteiger partial charge in [0.15, 0.2) is 11.0 Å². The zero-order chi connectivity index (χ0) is 32.3. The number of hydrogen-bond donors (Lipinski definition) is 1. The number of amides is 2. The second kappa shape index (κ2) is 13.8. The molecule has 0 bridgehead atoms. The van der Waals surface area contributed by atoms with Crippen molar-refractivity contribution in [2.24, 2.45) is 0 Å². The van der Waals surface area contributed by atoms with Gasteiger partial charge in [-0.1, -0.05) is 42.1 Å². The topological polar surface area (TPSA) is 127 Å². The van der Waals surface area contributed by atoms with Gasteiger partial charge in [-0.2, -0.15) is 4.31 Å². The first-order valence-corrected chi connectivity index (χ1v) is 17.6. The number of para-hydroxylation sites is 1. The predicted octanol–water partition coefficient (Wildman–Crippen LogP) is 3.91. The molecule has 0 aliphatic carbocycles. The van der Waals surface area contributed by atoms with Crippen LogP contribution in [0.3, 0.4) is 0 Å². The summed E-state index contributed by atoms with van der Waals surface area (Å²) < 4.78 is 34.5. The van der Waals surface area contributed by atoms with Gasteiger partial charge in [0.05, 0.1) is 36.1 Å². The second-order valence-electron chi connectivity index (χ2n) is 11.2. The maximum atomic E-state index is 13.4. The standard InChI is InChI=1S/C33H36N6O5S2/c1-23-7-5-11-28(24(23)2)39-30(35-36-33(39)45-22-31(40)38-16-6-9-25-8-3-4-10-29(25)38)21-34-32(41)26-12-14-27(15-13-26)46(42,43)37-17-19-44-20-18-37/h3-5,7-8,10-15H,6,9,16-22H2,1-2H3,(H,34,41). The van der Waals surface area contributed by atoms with Gasteiger partial charge in [-0.05, 0) is 79.8 Å². The summed E-state index contributed by atoms with van der Waals surface area (Å²) in [5.41, 5.74) is 5.45. The Bertz CT molecular complexity index is 1850. The van der Waals surface area contributed by atoms with Crippen LogP contribution < -0.4 is 10.2 Å². The summed E-state index contributed by atoms with van der Waals surface area (Å²) >= 11 is 1.32. The van der Waals surface area contributed by atoms with Gasteiger partial charge in [0, 0.05) is 30.9 Å². The fourth-order valence-electron chi connectivity index (χ4n) is 5.70. The van der Waals surface area contributed by atoms with Crippen molar-refractivity contribution >= 4 is 39.3 Å². The van der Waals surface area contributed by atoms with E-state index in [1.54, 1.807) is 0 Å². The van der Waals surface area contributed by atoms with E-state index < -0.39 is 10.0 Å². The van der Waals surface area contributed by atoms with Crippen LogP contribution in [-0.2, 0) is 32.5 Å². The molecule has 2 amide bonds. The third-order valence-electron chi connectivity index (χ3n) is 8.38. The van der Waals surface area contributed by atoms with Gasteiger partial charge in [0.1, 0.15) is 0 Å². The molecule has 0 unspecified atom stereocenters. The molecule has 1 aromatic heterocycles. The highest BCUT2D eigenvalue weighted by Gasteiger charge is 2.27. The van der Waals surface area contributed by atoms with Crippen LogP contribution >= 0.6 is 11.8 Å². The Balaban J connectivity index is 1.18. The van der Waals surface area contributed by atoms with Crippen LogP contribution in [0, 0.1) is 13.8 Å². The maximum Gasteiger partial charge on any atom is 0.251 e. The highest BCUT2D eigenvalue weighted by molar-refractivity contribution is 7.99. The molecule has 2 aliphatic heterocycles. The van der Waals surface area contributed by atoms with Crippen molar-refractivity contribution in [3.05, 3.63) is 94.8 Å². The predicted molar refractivity (Wildman–Crippen MR) is 176 cm³/mol. The van der Waals surface area contributed by atoms with E-state index in [-0.39, 0.29) is 29.0 Å². The minimum atomic E-state index is -3.66. The van der Waals surface area contributed by atoms with E-state index in [2.05, 4.69) is 21.6 Å². The number of aromatic nitrogens is 3. The van der Waals surface area contributed by atoms with Gasteiger partial charge in [-0.15, -0.1) is 10.2 Å². The number of ether oxygens (including phenoxy) is 1. The minimum Gasteiger partial charge on any atom is -0.379 e. The summed E-state index contributed by atoms with van der Waals surface area (Å²) in [6.45, 7) is 6.10. The molecule has 240 valence electrons. The van der Waals surface area contributed by atoms with Crippen LogP contribution in [0.4, 0.5) is 5.69 Å². The number of fused-ring (bicyclic) bond motifs is 1. The molecule has 1 N–H and O–H groups in total. The number of anilines is 1. The lowest BCUT2D eigenvalue weighted by molar-refractivity contribution is -0.116. The number of rotatable bonds is 9. The molecule has 2 aliphatic rings. The Morgan fingerprint density at radius 2 is 1.65 bits per heavy atom. The number of morpholine rings is 1. The van der Waals surface area contributed by atoms with Crippen LogP contribution in [0.1, 0.15) is 39.3 Å². The van der Waals surface area contributed by atoms with Gasteiger partial charge in [0.2, 0.25) is 15.9 Å². The molecule has 4 aromatic rings. The lowest BCUT2D eigenvalue weighted by Crippen LogP contribution is -2.40. The van der Waals surface area contributed by atoms with Gasteiger partial charge in [-0.3, -0.25) is 14.2 Å². The Morgan fingerprint density at radius 3 is 2.43 bits per heavy atom. The number of sulfonamides is 1. The molecule has 3 aromatic carbocycles. The number of aryl methyl sites for hydroxylation is 2.